The van der Waals surface area contributed by atoms with Crippen molar-refractivity contribution in [3.05, 3.63) is 24.3 Å². The van der Waals surface area contributed by atoms with Gasteiger partial charge in [-0.15, -0.1) is 0 Å². The van der Waals surface area contributed by atoms with Gasteiger partial charge in [-0.25, -0.2) is 4.79 Å². The summed E-state index contributed by atoms with van der Waals surface area (Å²) in [5.41, 5.74) is 0.732. The highest BCUT2D eigenvalue weighted by atomic mass is 16.5. The first kappa shape index (κ1) is 19.1. The van der Waals surface area contributed by atoms with Gasteiger partial charge in [-0.05, 0) is 87.5 Å². The Hall–Kier alpha value is -2.24. The Morgan fingerprint density at radius 1 is 1.04 bits per heavy atom. The number of rotatable bonds is 7. The monoisotopic (exact) mass is 385 g/mol. The average Bonchev–Trinajstić information content (AvgIpc) is 2.62. The third kappa shape index (κ3) is 4.42. The van der Waals surface area contributed by atoms with Crippen molar-refractivity contribution in [1.29, 1.82) is 0 Å². The summed E-state index contributed by atoms with van der Waals surface area (Å²) in [4.78, 5) is 24.5. The molecular formula is C22H31N3O3. The van der Waals surface area contributed by atoms with Crippen LogP contribution >= 0.6 is 0 Å². The minimum Gasteiger partial charge on any atom is -0.494 e. The van der Waals surface area contributed by atoms with Gasteiger partial charge >= 0.3 is 6.03 Å². The third-order valence-electron chi connectivity index (χ3n) is 6.50. The van der Waals surface area contributed by atoms with Crippen molar-refractivity contribution in [2.45, 2.75) is 57.4 Å². The zero-order valence-electron chi connectivity index (χ0n) is 16.6. The standard InChI is InChI=1S/C22H31N3O3/c1-2-28-19-5-3-18(4-6-19)24-20(26)7-8-23-21(27)25-22-12-15-9-16(13-22)11-17(10-15)14-22/h3-6,15-17H,2,7-14H2,1H3,(H,24,26)(H2,23,25,27). The van der Waals surface area contributed by atoms with Gasteiger partial charge in [-0.1, -0.05) is 0 Å². The summed E-state index contributed by atoms with van der Waals surface area (Å²) >= 11 is 0. The quantitative estimate of drug-likeness (QED) is 0.670. The van der Waals surface area contributed by atoms with Crippen molar-refractivity contribution in [3.8, 4) is 5.75 Å². The number of hydrogen-bond acceptors (Lipinski definition) is 3. The fourth-order valence-corrected chi connectivity index (χ4v) is 5.86. The van der Waals surface area contributed by atoms with Gasteiger partial charge < -0.3 is 20.7 Å². The van der Waals surface area contributed by atoms with Crippen molar-refractivity contribution in [1.82, 2.24) is 10.6 Å². The van der Waals surface area contributed by atoms with Gasteiger partial charge in [0.05, 0.1) is 6.61 Å². The molecule has 0 radical (unpaired) electrons. The van der Waals surface area contributed by atoms with Crippen molar-refractivity contribution >= 4 is 17.6 Å². The van der Waals surface area contributed by atoms with Crippen molar-refractivity contribution < 1.29 is 14.3 Å². The molecule has 5 rings (SSSR count). The van der Waals surface area contributed by atoms with Crippen molar-refractivity contribution in [2.75, 3.05) is 18.5 Å². The Morgan fingerprint density at radius 2 is 1.64 bits per heavy atom. The summed E-state index contributed by atoms with van der Waals surface area (Å²) in [6.07, 6.45) is 7.71. The van der Waals surface area contributed by atoms with Gasteiger partial charge in [0.25, 0.3) is 0 Å². The van der Waals surface area contributed by atoms with Crippen LogP contribution in [0.25, 0.3) is 0 Å². The summed E-state index contributed by atoms with van der Waals surface area (Å²) in [5, 5.41) is 8.99. The molecule has 0 aliphatic heterocycles. The Morgan fingerprint density at radius 3 is 2.21 bits per heavy atom. The molecule has 6 nitrogen and oxygen atoms in total. The molecule has 0 spiro atoms. The molecule has 0 atom stereocenters. The highest BCUT2D eigenvalue weighted by Crippen LogP contribution is 2.55. The fourth-order valence-electron chi connectivity index (χ4n) is 5.86. The van der Waals surface area contributed by atoms with Gasteiger partial charge in [0, 0.05) is 24.2 Å². The molecule has 0 unspecified atom stereocenters. The van der Waals surface area contributed by atoms with E-state index in [9.17, 15) is 9.59 Å². The maximum atomic E-state index is 12.4. The highest BCUT2D eigenvalue weighted by molar-refractivity contribution is 5.91. The fraction of sp³-hybridized carbons (Fsp3) is 0.636. The average molecular weight is 386 g/mol. The third-order valence-corrected chi connectivity index (χ3v) is 6.50. The summed E-state index contributed by atoms with van der Waals surface area (Å²) in [6, 6.07) is 7.16. The molecule has 1 aromatic carbocycles. The van der Waals surface area contributed by atoms with E-state index in [1.807, 2.05) is 31.2 Å². The summed E-state index contributed by atoms with van der Waals surface area (Å²) in [5.74, 6) is 3.06. The Balaban J connectivity index is 1.19. The van der Waals surface area contributed by atoms with Crippen LogP contribution in [0.2, 0.25) is 0 Å². The predicted molar refractivity (Wildman–Crippen MR) is 108 cm³/mol. The van der Waals surface area contributed by atoms with Crippen LogP contribution in [0, 0.1) is 17.8 Å². The maximum Gasteiger partial charge on any atom is 0.315 e. The minimum atomic E-state index is -0.129. The van der Waals surface area contributed by atoms with E-state index in [1.165, 1.54) is 19.3 Å². The maximum absolute atomic E-state index is 12.4. The molecule has 4 aliphatic rings. The molecule has 4 saturated carbocycles. The number of hydrogen-bond donors (Lipinski definition) is 3. The van der Waals surface area contributed by atoms with Gasteiger partial charge in [0.15, 0.2) is 0 Å². The molecule has 4 fully saturated rings. The second-order valence-electron chi connectivity index (χ2n) is 8.83. The Bertz CT molecular complexity index is 681. The summed E-state index contributed by atoms with van der Waals surface area (Å²) in [7, 11) is 0. The first-order valence-corrected chi connectivity index (χ1v) is 10.6. The van der Waals surface area contributed by atoms with Gasteiger partial charge in [-0.2, -0.15) is 0 Å². The molecule has 0 aromatic heterocycles. The van der Waals surface area contributed by atoms with E-state index in [0.29, 0.717) is 13.2 Å². The van der Waals surface area contributed by atoms with E-state index in [-0.39, 0.29) is 23.9 Å². The van der Waals surface area contributed by atoms with E-state index in [2.05, 4.69) is 16.0 Å². The first-order chi connectivity index (χ1) is 13.5. The largest absolute Gasteiger partial charge is 0.494 e. The SMILES string of the molecule is CCOc1ccc(NC(=O)CCNC(=O)NC23CC4CC(CC(C4)C2)C3)cc1. The number of urea groups is 1. The van der Waals surface area contributed by atoms with Crippen molar-refractivity contribution in [2.24, 2.45) is 17.8 Å². The molecule has 0 heterocycles. The van der Waals surface area contributed by atoms with Crippen LogP contribution in [0.3, 0.4) is 0 Å². The van der Waals surface area contributed by atoms with Crippen LogP contribution in [-0.4, -0.2) is 30.6 Å². The first-order valence-electron chi connectivity index (χ1n) is 10.6. The van der Waals surface area contributed by atoms with E-state index in [4.69, 9.17) is 4.74 Å². The van der Waals surface area contributed by atoms with E-state index in [0.717, 1.165) is 48.5 Å². The lowest BCUT2D eigenvalue weighted by Crippen LogP contribution is -2.61. The number of nitrogens with one attached hydrogen (secondary N) is 3. The lowest BCUT2D eigenvalue weighted by molar-refractivity contribution is -0.116. The normalized spacial score (nSPS) is 30.0. The minimum absolute atomic E-state index is 0.00337. The number of anilines is 1. The van der Waals surface area contributed by atoms with Crippen LogP contribution in [0.5, 0.6) is 5.75 Å². The zero-order chi connectivity index (χ0) is 19.6. The summed E-state index contributed by atoms with van der Waals surface area (Å²) in [6.45, 7) is 2.88. The Kier molecular flexibility index (Phi) is 5.47. The molecule has 1 aromatic rings. The lowest BCUT2D eigenvalue weighted by Gasteiger charge is -2.56. The molecule has 4 aliphatic carbocycles. The van der Waals surface area contributed by atoms with Crippen LogP contribution in [-0.2, 0) is 4.79 Å². The number of carbonyl (C=O) groups is 2. The van der Waals surface area contributed by atoms with Gasteiger partial charge in [0.1, 0.15) is 5.75 Å². The number of ether oxygens (including phenoxy) is 1. The summed E-state index contributed by atoms with van der Waals surface area (Å²) < 4.78 is 5.39. The highest BCUT2D eigenvalue weighted by Gasteiger charge is 2.51. The second-order valence-corrected chi connectivity index (χ2v) is 8.83. The van der Waals surface area contributed by atoms with Crippen LogP contribution in [0.1, 0.15) is 51.9 Å². The van der Waals surface area contributed by atoms with Gasteiger partial charge in [-0.3, -0.25) is 4.79 Å². The predicted octanol–water partition coefficient (Wildman–Crippen LogP) is 3.68. The number of amides is 3. The van der Waals surface area contributed by atoms with Crippen LogP contribution in [0.15, 0.2) is 24.3 Å². The molecule has 28 heavy (non-hydrogen) atoms. The van der Waals surface area contributed by atoms with E-state index >= 15 is 0 Å². The topological polar surface area (TPSA) is 79.5 Å². The number of benzene rings is 1. The van der Waals surface area contributed by atoms with Crippen molar-refractivity contribution in [3.63, 3.8) is 0 Å². The molecule has 0 saturated heterocycles. The molecular weight excluding hydrogens is 354 g/mol. The Labute approximate surface area is 166 Å². The smallest absolute Gasteiger partial charge is 0.315 e. The van der Waals surface area contributed by atoms with E-state index in [1.54, 1.807) is 0 Å². The van der Waals surface area contributed by atoms with E-state index < -0.39 is 0 Å². The second kappa shape index (κ2) is 8.02. The number of carbonyl (C=O) groups excluding carboxylic acids is 2. The van der Waals surface area contributed by atoms with Crippen LogP contribution in [0.4, 0.5) is 10.5 Å². The van der Waals surface area contributed by atoms with Gasteiger partial charge in [0.2, 0.25) is 5.91 Å². The molecule has 3 N–H and O–H groups in total. The molecule has 6 heteroatoms. The lowest BCUT2D eigenvalue weighted by atomic mass is 9.53. The molecule has 4 bridgehead atoms. The molecule has 3 amide bonds. The zero-order valence-corrected chi connectivity index (χ0v) is 16.6. The molecule has 152 valence electrons. The van der Waals surface area contributed by atoms with Crippen LogP contribution < -0.4 is 20.7 Å².